The van der Waals surface area contributed by atoms with Gasteiger partial charge in [0.25, 0.3) is 0 Å². The van der Waals surface area contributed by atoms with Gasteiger partial charge in [-0.3, -0.25) is 4.79 Å². The van der Waals surface area contributed by atoms with Crippen molar-refractivity contribution in [2.45, 2.75) is 57.8 Å². The molecular weight excluding hydrogens is 300 g/mol. The number of carbonyl (C=O) groups is 1. The summed E-state index contributed by atoms with van der Waals surface area (Å²) in [4.78, 5) is 12.7. The minimum Gasteiger partial charge on any atom is -0.294 e. The van der Waals surface area contributed by atoms with E-state index >= 15 is 0 Å². The van der Waals surface area contributed by atoms with Crippen molar-refractivity contribution in [3.63, 3.8) is 0 Å². The molecule has 1 fully saturated rings. The van der Waals surface area contributed by atoms with Crippen molar-refractivity contribution in [2.24, 2.45) is 5.92 Å². The number of benzene rings is 1. The summed E-state index contributed by atoms with van der Waals surface area (Å²) in [6.45, 7) is 0. The minimum atomic E-state index is 0.270. The molecular formula is C17H21BrO. The summed E-state index contributed by atoms with van der Waals surface area (Å²) < 4.78 is 1.02. The molecule has 0 unspecified atom stereocenters. The van der Waals surface area contributed by atoms with Gasteiger partial charge in [-0.15, -0.1) is 0 Å². The molecule has 19 heavy (non-hydrogen) atoms. The highest BCUT2D eigenvalue weighted by atomic mass is 79.9. The highest BCUT2D eigenvalue weighted by Crippen LogP contribution is 2.33. The van der Waals surface area contributed by atoms with Gasteiger partial charge in [-0.2, -0.15) is 0 Å². The van der Waals surface area contributed by atoms with Gasteiger partial charge in [0.15, 0.2) is 5.78 Å². The molecule has 0 N–H and O–H groups in total. The van der Waals surface area contributed by atoms with Crippen LogP contribution in [0.3, 0.4) is 0 Å². The first-order valence-electron chi connectivity index (χ1n) is 7.61. The lowest BCUT2D eigenvalue weighted by Gasteiger charge is -2.23. The van der Waals surface area contributed by atoms with E-state index in [1.807, 2.05) is 0 Å². The molecule has 0 atom stereocenters. The van der Waals surface area contributed by atoms with Crippen LogP contribution in [0.4, 0.5) is 0 Å². The molecule has 1 aromatic rings. The lowest BCUT2D eigenvalue weighted by molar-refractivity contribution is 0.0888. The van der Waals surface area contributed by atoms with E-state index < -0.39 is 0 Å². The highest BCUT2D eigenvalue weighted by Gasteiger charge is 2.25. The zero-order valence-electron chi connectivity index (χ0n) is 11.4. The molecule has 0 amide bonds. The Morgan fingerprint density at radius 3 is 2.26 bits per heavy atom. The van der Waals surface area contributed by atoms with Gasteiger partial charge in [0.05, 0.1) is 0 Å². The van der Waals surface area contributed by atoms with Crippen LogP contribution >= 0.6 is 15.9 Å². The van der Waals surface area contributed by atoms with Crippen LogP contribution in [0.1, 0.15) is 66.4 Å². The van der Waals surface area contributed by atoms with Crippen molar-refractivity contribution in [3.05, 3.63) is 33.3 Å². The molecule has 0 heterocycles. The fraction of sp³-hybridized carbons (Fsp3) is 0.588. The molecule has 1 saturated carbocycles. The first kappa shape index (κ1) is 13.4. The van der Waals surface area contributed by atoms with Crippen molar-refractivity contribution in [1.29, 1.82) is 0 Å². The molecule has 2 heteroatoms. The van der Waals surface area contributed by atoms with E-state index in [4.69, 9.17) is 0 Å². The van der Waals surface area contributed by atoms with Crippen LogP contribution in [0.5, 0.6) is 0 Å². The highest BCUT2D eigenvalue weighted by molar-refractivity contribution is 9.10. The van der Waals surface area contributed by atoms with Crippen LogP contribution in [0.25, 0.3) is 0 Å². The van der Waals surface area contributed by atoms with Crippen LogP contribution in [0, 0.1) is 5.92 Å². The van der Waals surface area contributed by atoms with E-state index in [9.17, 15) is 4.79 Å². The third-order valence-corrected chi connectivity index (χ3v) is 5.33. The predicted molar refractivity (Wildman–Crippen MR) is 81.7 cm³/mol. The summed E-state index contributed by atoms with van der Waals surface area (Å²) in [6, 6.07) is 4.38. The average molecular weight is 321 g/mol. The Labute approximate surface area is 123 Å². The molecule has 1 aromatic carbocycles. The average Bonchev–Trinajstić information content (AvgIpc) is 2.47. The van der Waals surface area contributed by atoms with Gasteiger partial charge in [-0.1, -0.05) is 35.2 Å². The smallest absolute Gasteiger partial charge is 0.167 e. The zero-order chi connectivity index (χ0) is 13.2. The Hall–Kier alpha value is -0.630. The Morgan fingerprint density at radius 1 is 0.947 bits per heavy atom. The number of hydrogen-bond donors (Lipinski definition) is 0. The van der Waals surface area contributed by atoms with Gasteiger partial charge in [-0.25, -0.2) is 0 Å². The lowest BCUT2D eigenvalue weighted by Crippen LogP contribution is -2.19. The molecule has 1 nitrogen and oxygen atoms in total. The van der Waals surface area contributed by atoms with Gasteiger partial charge in [0, 0.05) is 16.0 Å². The first-order chi connectivity index (χ1) is 9.25. The van der Waals surface area contributed by atoms with E-state index in [-0.39, 0.29) is 5.92 Å². The number of halogens is 1. The number of ketones is 1. The van der Waals surface area contributed by atoms with Gasteiger partial charge in [-0.05, 0) is 61.8 Å². The number of fused-ring (bicyclic) bond motifs is 1. The van der Waals surface area contributed by atoms with Crippen LogP contribution in [0.15, 0.2) is 16.6 Å². The van der Waals surface area contributed by atoms with Crippen LogP contribution in [-0.4, -0.2) is 5.78 Å². The molecule has 0 saturated heterocycles. The second-order valence-corrected chi connectivity index (χ2v) is 6.86. The Morgan fingerprint density at radius 2 is 1.58 bits per heavy atom. The maximum atomic E-state index is 12.7. The van der Waals surface area contributed by atoms with E-state index in [1.54, 1.807) is 0 Å². The second kappa shape index (κ2) is 5.78. The lowest BCUT2D eigenvalue weighted by atomic mass is 9.82. The molecule has 102 valence electrons. The number of rotatable bonds is 2. The van der Waals surface area contributed by atoms with Gasteiger partial charge >= 0.3 is 0 Å². The van der Waals surface area contributed by atoms with E-state index in [1.165, 1.54) is 49.7 Å². The van der Waals surface area contributed by atoms with Crippen LogP contribution in [-0.2, 0) is 12.8 Å². The summed E-state index contributed by atoms with van der Waals surface area (Å²) in [5, 5.41) is 0. The number of Topliss-reactive ketones (excluding diaryl/α,β-unsaturated/α-hetero) is 1. The van der Waals surface area contributed by atoms with Crippen molar-refractivity contribution in [1.82, 2.24) is 0 Å². The summed E-state index contributed by atoms with van der Waals surface area (Å²) in [7, 11) is 0. The third kappa shape index (κ3) is 2.79. The number of aryl methyl sites for hydroxylation is 2. The topological polar surface area (TPSA) is 17.1 Å². The largest absolute Gasteiger partial charge is 0.294 e. The van der Waals surface area contributed by atoms with Crippen LogP contribution in [0.2, 0.25) is 0 Å². The minimum absolute atomic E-state index is 0.270. The monoisotopic (exact) mass is 320 g/mol. The maximum absolute atomic E-state index is 12.7. The van der Waals surface area contributed by atoms with Gasteiger partial charge in [0.1, 0.15) is 0 Å². The standard InChI is InChI=1S/C17H21BrO/c18-16-11-14-9-5-4-8-13(14)10-15(16)17(19)12-6-2-1-3-7-12/h10-12H,1-9H2. The Kier molecular flexibility index (Phi) is 4.07. The molecule has 0 bridgehead atoms. The fourth-order valence-electron chi connectivity index (χ4n) is 3.53. The molecule has 0 spiro atoms. The second-order valence-electron chi connectivity index (χ2n) is 6.01. The number of carbonyl (C=O) groups excluding carboxylic acids is 1. The third-order valence-electron chi connectivity index (χ3n) is 4.67. The predicted octanol–water partition coefficient (Wildman–Crippen LogP) is 5.09. The molecule has 0 radical (unpaired) electrons. The Bertz CT molecular complexity index is 486. The van der Waals surface area contributed by atoms with E-state index in [2.05, 4.69) is 28.1 Å². The molecule has 2 aliphatic carbocycles. The molecule has 0 aromatic heterocycles. The fourth-order valence-corrected chi connectivity index (χ4v) is 4.12. The summed E-state index contributed by atoms with van der Waals surface area (Å²) in [6.07, 6.45) is 10.8. The van der Waals surface area contributed by atoms with E-state index in [0.717, 1.165) is 29.3 Å². The summed E-state index contributed by atoms with van der Waals surface area (Å²) in [5.74, 6) is 0.645. The SMILES string of the molecule is O=C(c1cc2c(cc1Br)CCCC2)C1CCCCC1. The molecule has 3 rings (SSSR count). The summed E-state index contributed by atoms with van der Waals surface area (Å²) >= 11 is 3.62. The van der Waals surface area contributed by atoms with Crippen molar-refractivity contribution < 1.29 is 4.79 Å². The van der Waals surface area contributed by atoms with Gasteiger partial charge in [0.2, 0.25) is 0 Å². The first-order valence-corrected chi connectivity index (χ1v) is 8.40. The maximum Gasteiger partial charge on any atom is 0.167 e. The summed E-state index contributed by atoms with van der Waals surface area (Å²) in [5.41, 5.74) is 3.79. The van der Waals surface area contributed by atoms with Crippen molar-refractivity contribution >= 4 is 21.7 Å². The molecule has 0 aliphatic heterocycles. The number of hydrogen-bond acceptors (Lipinski definition) is 1. The zero-order valence-corrected chi connectivity index (χ0v) is 13.0. The van der Waals surface area contributed by atoms with E-state index in [0.29, 0.717) is 5.78 Å². The Balaban J connectivity index is 1.89. The molecule has 2 aliphatic rings. The van der Waals surface area contributed by atoms with Crippen molar-refractivity contribution in [3.8, 4) is 0 Å². The normalized spacial score (nSPS) is 20.1. The van der Waals surface area contributed by atoms with Crippen molar-refractivity contribution in [2.75, 3.05) is 0 Å². The quantitative estimate of drug-likeness (QED) is 0.693. The van der Waals surface area contributed by atoms with Gasteiger partial charge < -0.3 is 0 Å². The van der Waals surface area contributed by atoms with Crippen LogP contribution < -0.4 is 0 Å².